The van der Waals surface area contributed by atoms with Crippen molar-refractivity contribution in [2.75, 3.05) is 19.7 Å². The van der Waals surface area contributed by atoms with Crippen molar-refractivity contribution in [3.8, 4) is 0 Å². The number of aryl methyl sites for hydroxylation is 1. The number of para-hydroxylation sites is 1. The fourth-order valence-corrected chi connectivity index (χ4v) is 4.63. The lowest BCUT2D eigenvalue weighted by atomic mass is 9.94. The van der Waals surface area contributed by atoms with Crippen LogP contribution < -0.4 is 0 Å². The number of benzene rings is 1. The Morgan fingerprint density at radius 1 is 1.03 bits per heavy atom. The monoisotopic (exact) mass is 541 g/mol. The van der Waals surface area contributed by atoms with Gasteiger partial charge in [0.2, 0.25) is 0 Å². The lowest BCUT2D eigenvalue weighted by molar-refractivity contribution is -0.146. The molecule has 1 saturated heterocycles. The van der Waals surface area contributed by atoms with E-state index in [0.29, 0.717) is 31.8 Å². The average Bonchev–Trinajstić information content (AvgIpc) is 3.15. The number of rotatable bonds is 7. The molecule has 2 heterocycles. The molecule has 0 spiro atoms. The number of hydrogen-bond acceptors (Lipinski definition) is 6. The van der Waals surface area contributed by atoms with Crippen molar-refractivity contribution in [3.05, 3.63) is 36.0 Å². The SMILES string of the molecule is Cn1cc(CC(/C=N\C(=O)OC(C)(C)C)C(=O)OCCC2CCN(C(=O)OC(C)(C)C)CC2)c2ccccc21. The highest BCUT2D eigenvalue weighted by Crippen LogP contribution is 2.25. The van der Waals surface area contributed by atoms with E-state index in [1.165, 1.54) is 6.21 Å². The number of nitrogens with zero attached hydrogens (tertiary/aromatic N) is 3. The number of fused-ring (bicyclic) bond motifs is 1. The summed E-state index contributed by atoms with van der Waals surface area (Å²) in [4.78, 5) is 43.3. The number of esters is 1. The van der Waals surface area contributed by atoms with E-state index < -0.39 is 29.2 Å². The van der Waals surface area contributed by atoms with Gasteiger partial charge in [0.05, 0.1) is 12.5 Å². The number of aromatic nitrogens is 1. The van der Waals surface area contributed by atoms with Gasteiger partial charge in [0.25, 0.3) is 0 Å². The third-order valence-corrected chi connectivity index (χ3v) is 6.51. The maximum absolute atomic E-state index is 13.2. The van der Waals surface area contributed by atoms with Gasteiger partial charge in [0.1, 0.15) is 11.2 Å². The Kier molecular flexibility index (Phi) is 9.80. The van der Waals surface area contributed by atoms with Crippen molar-refractivity contribution in [2.24, 2.45) is 23.9 Å². The number of carbonyl (C=O) groups is 3. The first-order valence-corrected chi connectivity index (χ1v) is 13.7. The van der Waals surface area contributed by atoms with E-state index in [2.05, 4.69) is 4.99 Å². The quantitative estimate of drug-likeness (QED) is 0.245. The molecule has 2 aromatic rings. The smallest absolute Gasteiger partial charge is 0.433 e. The summed E-state index contributed by atoms with van der Waals surface area (Å²) in [5.41, 5.74) is 0.831. The van der Waals surface area contributed by atoms with E-state index in [1.807, 2.05) is 62.8 Å². The molecule has 1 aliphatic heterocycles. The van der Waals surface area contributed by atoms with Crippen LogP contribution in [0.15, 0.2) is 35.5 Å². The number of amides is 2. The molecule has 1 atom stereocenters. The summed E-state index contributed by atoms with van der Waals surface area (Å²) in [6, 6.07) is 7.97. The topological polar surface area (TPSA) is 99.4 Å². The molecule has 0 N–H and O–H groups in total. The van der Waals surface area contributed by atoms with Gasteiger partial charge in [-0.3, -0.25) is 4.79 Å². The average molecular weight is 542 g/mol. The standard InChI is InChI=1S/C30H43N3O6/c1-29(2,3)38-27(35)31-19-22(18-23-20-32(7)25-11-9-8-10-24(23)25)26(34)37-17-14-21-12-15-33(16-13-21)28(36)39-30(4,5)6/h8-11,19-22H,12-18H2,1-7H3/b31-19-. The van der Waals surface area contributed by atoms with Crippen molar-refractivity contribution in [3.63, 3.8) is 0 Å². The van der Waals surface area contributed by atoms with Crippen LogP contribution in [0.2, 0.25) is 0 Å². The van der Waals surface area contributed by atoms with Crippen molar-refractivity contribution in [2.45, 2.75) is 78.4 Å². The minimum absolute atomic E-state index is 0.266. The molecule has 1 fully saturated rings. The van der Waals surface area contributed by atoms with E-state index in [-0.39, 0.29) is 12.7 Å². The summed E-state index contributed by atoms with van der Waals surface area (Å²) in [7, 11) is 1.96. The summed E-state index contributed by atoms with van der Waals surface area (Å²) in [5.74, 6) is -0.817. The van der Waals surface area contributed by atoms with Crippen LogP contribution in [0, 0.1) is 11.8 Å². The molecule has 0 saturated carbocycles. The zero-order chi connectivity index (χ0) is 28.8. The van der Waals surface area contributed by atoms with Crippen LogP contribution in [0.3, 0.4) is 0 Å². The maximum atomic E-state index is 13.2. The summed E-state index contributed by atoms with van der Waals surface area (Å²) in [6.07, 6.45) is 5.02. The molecule has 0 radical (unpaired) electrons. The van der Waals surface area contributed by atoms with E-state index >= 15 is 0 Å². The molecule has 9 nitrogen and oxygen atoms in total. The first-order chi connectivity index (χ1) is 18.2. The minimum atomic E-state index is -0.741. The summed E-state index contributed by atoms with van der Waals surface area (Å²) < 4.78 is 18.4. The summed E-state index contributed by atoms with van der Waals surface area (Å²) >= 11 is 0. The van der Waals surface area contributed by atoms with Crippen molar-refractivity contribution < 1.29 is 28.6 Å². The minimum Gasteiger partial charge on any atom is -0.465 e. The zero-order valence-electron chi connectivity index (χ0n) is 24.4. The lowest BCUT2D eigenvalue weighted by Crippen LogP contribution is -2.41. The Bertz CT molecular complexity index is 1180. The van der Waals surface area contributed by atoms with Gasteiger partial charge in [-0.25, -0.2) is 9.59 Å². The lowest BCUT2D eigenvalue weighted by Gasteiger charge is -2.33. The molecule has 1 aromatic carbocycles. The Labute approximate surface area is 231 Å². The molecule has 3 rings (SSSR count). The molecule has 1 aliphatic rings. The molecular weight excluding hydrogens is 498 g/mol. The molecule has 1 unspecified atom stereocenters. The fourth-order valence-electron chi connectivity index (χ4n) is 4.63. The largest absolute Gasteiger partial charge is 0.465 e. The molecule has 0 bridgehead atoms. The first-order valence-electron chi connectivity index (χ1n) is 13.7. The van der Waals surface area contributed by atoms with Gasteiger partial charge in [-0.1, -0.05) is 18.2 Å². The zero-order valence-corrected chi connectivity index (χ0v) is 24.4. The molecule has 0 aliphatic carbocycles. The number of ether oxygens (including phenoxy) is 3. The Hall–Kier alpha value is -3.36. The van der Waals surface area contributed by atoms with Crippen LogP contribution in [0.25, 0.3) is 10.9 Å². The predicted molar refractivity (Wildman–Crippen MR) is 151 cm³/mol. The Morgan fingerprint density at radius 3 is 2.31 bits per heavy atom. The number of likely N-dealkylation sites (tertiary alicyclic amines) is 1. The van der Waals surface area contributed by atoms with Crippen LogP contribution in [0.1, 0.15) is 66.4 Å². The van der Waals surface area contributed by atoms with Crippen molar-refractivity contribution in [1.82, 2.24) is 9.47 Å². The van der Waals surface area contributed by atoms with Gasteiger partial charge in [-0.15, -0.1) is 0 Å². The number of aliphatic imine (C=N–C) groups is 1. The number of carbonyl (C=O) groups excluding carboxylic acids is 3. The van der Waals surface area contributed by atoms with E-state index in [4.69, 9.17) is 14.2 Å². The number of hydrogen-bond donors (Lipinski definition) is 0. The van der Waals surface area contributed by atoms with Crippen LogP contribution in [0.4, 0.5) is 9.59 Å². The van der Waals surface area contributed by atoms with E-state index in [0.717, 1.165) is 29.3 Å². The maximum Gasteiger partial charge on any atom is 0.433 e. The molecule has 214 valence electrons. The summed E-state index contributed by atoms with van der Waals surface area (Å²) in [5, 5.41) is 1.04. The Morgan fingerprint density at radius 2 is 1.67 bits per heavy atom. The molecule has 39 heavy (non-hydrogen) atoms. The highest BCUT2D eigenvalue weighted by molar-refractivity contribution is 5.95. The normalized spacial score (nSPS) is 15.9. The predicted octanol–water partition coefficient (Wildman–Crippen LogP) is 5.92. The third-order valence-electron chi connectivity index (χ3n) is 6.51. The molecule has 1 aromatic heterocycles. The van der Waals surface area contributed by atoms with Crippen molar-refractivity contribution in [1.29, 1.82) is 0 Å². The second-order valence-electron chi connectivity index (χ2n) is 12.2. The van der Waals surface area contributed by atoms with Gasteiger partial charge in [-0.2, -0.15) is 4.99 Å². The molecule has 9 heteroatoms. The van der Waals surface area contributed by atoms with Crippen LogP contribution in [-0.2, 0) is 32.5 Å². The highest BCUT2D eigenvalue weighted by Gasteiger charge is 2.28. The number of piperidine rings is 1. The second kappa shape index (κ2) is 12.7. The second-order valence-corrected chi connectivity index (χ2v) is 12.2. The van der Waals surface area contributed by atoms with Crippen molar-refractivity contribution >= 4 is 35.3 Å². The van der Waals surface area contributed by atoms with Gasteiger partial charge in [0, 0.05) is 43.5 Å². The molecular formula is C30H43N3O6. The van der Waals surface area contributed by atoms with Crippen LogP contribution in [-0.4, -0.2) is 64.7 Å². The third kappa shape index (κ3) is 9.41. The first kappa shape index (κ1) is 30.2. The van der Waals surface area contributed by atoms with Crippen LogP contribution in [0.5, 0.6) is 0 Å². The molecule has 2 amide bonds. The van der Waals surface area contributed by atoms with Crippen LogP contribution >= 0.6 is 0 Å². The summed E-state index contributed by atoms with van der Waals surface area (Å²) in [6.45, 7) is 12.4. The van der Waals surface area contributed by atoms with E-state index in [9.17, 15) is 14.4 Å². The van der Waals surface area contributed by atoms with Gasteiger partial charge < -0.3 is 23.7 Å². The highest BCUT2D eigenvalue weighted by atomic mass is 16.6. The fraction of sp³-hybridized carbons (Fsp3) is 0.600. The van der Waals surface area contributed by atoms with E-state index in [1.54, 1.807) is 25.7 Å². The Balaban J connectivity index is 1.59. The van der Waals surface area contributed by atoms with Gasteiger partial charge in [-0.05, 0) is 84.8 Å². The van der Waals surface area contributed by atoms with Gasteiger partial charge >= 0.3 is 18.2 Å². The van der Waals surface area contributed by atoms with Gasteiger partial charge in [0.15, 0.2) is 0 Å².